The van der Waals surface area contributed by atoms with Crippen LogP contribution in [0.3, 0.4) is 0 Å². The Labute approximate surface area is 213 Å². The van der Waals surface area contributed by atoms with E-state index in [2.05, 4.69) is 20.6 Å². The fraction of sp³-hybridized carbons (Fsp3) is 0.640. The summed E-state index contributed by atoms with van der Waals surface area (Å²) in [5.41, 5.74) is 0.0161. The van der Waals surface area contributed by atoms with Gasteiger partial charge in [0.2, 0.25) is 5.91 Å². The second-order valence-corrected chi connectivity index (χ2v) is 10.1. The minimum absolute atomic E-state index is 0.00331. The maximum absolute atomic E-state index is 13.3. The van der Waals surface area contributed by atoms with E-state index in [1.54, 1.807) is 10.9 Å². The molecule has 1 amide bonds. The second kappa shape index (κ2) is 11.2. The molecule has 3 aliphatic carbocycles. The molecule has 0 aliphatic heterocycles. The van der Waals surface area contributed by atoms with Crippen LogP contribution in [0.25, 0.3) is 0 Å². The molecule has 2 bridgehead atoms. The normalized spacial score (nSPS) is 23.2. The largest absolute Gasteiger partial charge is 0.481 e. The monoisotopic (exact) mass is 521 g/mol. The van der Waals surface area contributed by atoms with Crippen LogP contribution in [0.1, 0.15) is 62.4 Å². The van der Waals surface area contributed by atoms with Crippen LogP contribution in [-0.2, 0) is 38.1 Å². The molecule has 0 atom stereocenters. The van der Waals surface area contributed by atoms with Crippen molar-refractivity contribution in [3.63, 3.8) is 0 Å². The van der Waals surface area contributed by atoms with Crippen molar-refractivity contribution in [1.29, 1.82) is 0 Å². The molecule has 5 rings (SSSR count). The highest BCUT2D eigenvalue weighted by molar-refractivity contribution is 5.84. The number of hydrogen-bond donors (Lipinski definition) is 2. The molecule has 0 saturated heterocycles. The number of halogens is 2. The number of amides is 1. The Bertz CT molecular complexity index is 1060. The molecule has 202 valence electrons. The fourth-order valence-corrected chi connectivity index (χ4v) is 5.09. The summed E-state index contributed by atoms with van der Waals surface area (Å²) < 4.78 is 39.2. The molecule has 0 aromatic carbocycles. The molecule has 12 heteroatoms. The van der Waals surface area contributed by atoms with Gasteiger partial charge in [-0.3, -0.25) is 14.6 Å². The highest BCUT2D eigenvalue weighted by Gasteiger charge is 2.55. The number of carboxylic acid groups (broad SMARTS) is 1. The molecule has 10 nitrogen and oxygen atoms in total. The maximum Gasteiger partial charge on any atom is 0.309 e. The summed E-state index contributed by atoms with van der Waals surface area (Å²) in [6, 6.07) is 2.89. The number of carboxylic acids is 1. The zero-order chi connectivity index (χ0) is 26.5. The first-order chi connectivity index (χ1) is 17.6. The van der Waals surface area contributed by atoms with Crippen LogP contribution < -0.4 is 5.32 Å². The van der Waals surface area contributed by atoms with Gasteiger partial charge in [0.15, 0.2) is 0 Å². The first kappa shape index (κ1) is 27.1. The number of rotatable bonds is 13. The van der Waals surface area contributed by atoms with Crippen molar-refractivity contribution in [2.75, 3.05) is 26.4 Å². The molecule has 3 saturated carbocycles. The average Bonchev–Trinajstić information content (AvgIpc) is 3.33. The topological polar surface area (TPSA) is 128 Å². The fourth-order valence-electron chi connectivity index (χ4n) is 5.09. The lowest BCUT2D eigenvalue weighted by atomic mass is 9.53. The number of aromatic nitrogens is 4. The van der Waals surface area contributed by atoms with E-state index in [4.69, 9.17) is 9.47 Å². The molecule has 2 N–H and O–H groups in total. The number of alkyl halides is 2. The van der Waals surface area contributed by atoms with Gasteiger partial charge in [0.1, 0.15) is 5.69 Å². The first-order valence-electron chi connectivity index (χ1n) is 12.5. The Kier molecular flexibility index (Phi) is 8.17. The zero-order valence-corrected chi connectivity index (χ0v) is 20.9. The predicted octanol–water partition coefficient (Wildman–Crippen LogP) is 2.91. The van der Waals surface area contributed by atoms with Gasteiger partial charge in [0.25, 0.3) is 5.92 Å². The lowest BCUT2D eigenvalue weighted by Crippen LogP contribution is -2.52. The van der Waals surface area contributed by atoms with Crippen molar-refractivity contribution in [3.8, 4) is 0 Å². The number of ether oxygens (including phenoxy) is 2. The van der Waals surface area contributed by atoms with Gasteiger partial charge in [0, 0.05) is 30.6 Å². The van der Waals surface area contributed by atoms with Crippen molar-refractivity contribution in [1.82, 2.24) is 25.3 Å². The van der Waals surface area contributed by atoms with Crippen LogP contribution in [0.15, 0.2) is 24.5 Å². The molecular weight excluding hydrogens is 488 g/mol. The lowest BCUT2D eigenvalue weighted by molar-refractivity contribution is -0.163. The molecule has 2 heterocycles. The van der Waals surface area contributed by atoms with Crippen molar-refractivity contribution in [2.45, 2.75) is 64.5 Å². The van der Waals surface area contributed by atoms with Crippen molar-refractivity contribution >= 4 is 11.9 Å². The predicted molar refractivity (Wildman–Crippen MR) is 127 cm³/mol. The number of nitrogens with zero attached hydrogens (tertiary/aromatic N) is 4. The minimum atomic E-state index is -2.93. The molecule has 3 aliphatic rings. The van der Waals surface area contributed by atoms with E-state index < -0.39 is 22.7 Å². The summed E-state index contributed by atoms with van der Waals surface area (Å²) in [4.78, 5) is 28.3. The quantitative estimate of drug-likeness (QED) is 0.385. The van der Waals surface area contributed by atoms with Gasteiger partial charge in [0.05, 0.1) is 50.3 Å². The van der Waals surface area contributed by atoms with Crippen LogP contribution in [0, 0.1) is 10.8 Å². The second-order valence-electron chi connectivity index (χ2n) is 10.1. The molecule has 0 spiro atoms. The summed E-state index contributed by atoms with van der Waals surface area (Å²) in [6.07, 6.45) is 6.47. The van der Waals surface area contributed by atoms with Crippen LogP contribution >= 0.6 is 0 Å². The highest BCUT2D eigenvalue weighted by Crippen LogP contribution is 2.57. The summed E-state index contributed by atoms with van der Waals surface area (Å²) in [5.74, 6) is -3.65. The molecule has 0 unspecified atom stereocenters. The van der Waals surface area contributed by atoms with Crippen LogP contribution in [0.5, 0.6) is 0 Å². The van der Waals surface area contributed by atoms with Gasteiger partial charge in [-0.05, 0) is 50.7 Å². The van der Waals surface area contributed by atoms with Crippen LogP contribution in [-0.4, -0.2) is 63.3 Å². The summed E-state index contributed by atoms with van der Waals surface area (Å²) in [6.45, 7) is 2.83. The number of carbonyl (C=O) groups excluding carboxylic acids is 1. The van der Waals surface area contributed by atoms with Gasteiger partial charge in [-0.25, -0.2) is 13.5 Å². The third kappa shape index (κ3) is 6.48. The van der Waals surface area contributed by atoms with Crippen molar-refractivity contribution in [2.24, 2.45) is 10.8 Å². The third-order valence-corrected chi connectivity index (χ3v) is 7.58. The minimum Gasteiger partial charge on any atom is -0.481 e. The molecule has 2 aromatic rings. The maximum atomic E-state index is 13.3. The van der Waals surface area contributed by atoms with E-state index in [0.29, 0.717) is 82.8 Å². The van der Waals surface area contributed by atoms with E-state index >= 15 is 0 Å². The highest BCUT2D eigenvalue weighted by atomic mass is 19.3. The molecule has 0 radical (unpaired) electrons. The first-order valence-corrected chi connectivity index (χ1v) is 12.5. The number of nitrogens with one attached hydrogen (secondary N) is 1. The zero-order valence-electron chi connectivity index (χ0n) is 20.9. The van der Waals surface area contributed by atoms with Crippen molar-refractivity contribution < 1.29 is 33.0 Å². The Hall–Kier alpha value is -2.99. The smallest absolute Gasteiger partial charge is 0.309 e. The van der Waals surface area contributed by atoms with Gasteiger partial charge in [-0.15, -0.1) is 5.10 Å². The van der Waals surface area contributed by atoms with Gasteiger partial charge in [-0.1, -0.05) is 5.21 Å². The molecular formula is C25H33F2N5O5. The summed E-state index contributed by atoms with van der Waals surface area (Å²) >= 11 is 0. The number of aliphatic carboxylic acids is 1. The Morgan fingerprint density at radius 2 is 1.73 bits per heavy atom. The van der Waals surface area contributed by atoms with Gasteiger partial charge >= 0.3 is 5.97 Å². The number of fused-ring (bicyclic) bond motifs is 3. The average molecular weight is 522 g/mol. The van der Waals surface area contributed by atoms with E-state index in [-0.39, 0.29) is 18.1 Å². The van der Waals surface area contributed by atoms with Gasteiger partial charge < -0.3 is 19.9 Å². The Morgan fingerprint density at radius 1 is 1.05 bits per heavy atom. The SMILES string of the molecule is CC(F)(F)c1ccc(Cn2cc(COCCOCCNC(=O)C34CCC(C(=O)O)(CC3)CC4)nn2)nc1. The standard InChI is InChI=1S/C25H33F2N5O5/c1-23(26,27)18-2-3-19(29-14-18)15-32-16-20(30-31-32)17-37-13-12-36-11-10-28-21(33)24-4-7-25(8-5-24,9-6-24)22(34)35/h2-3,14,16H,4-13,15,17H2,1H3,(H,28,33)(H,34,35). The van der Waals surface area contributed by atoms with Crippen LogP contribution in [0.4, 0.5) is 8.78 Å². The Balaban J connectivity index is 1.07. The number of carbonyl (C=O) groups is 2. The number of hydrogen-bond acceptors (Lipinski definition) is 7. The van der Waals surface area contributed by atoms with E-state index in [1.807, 2.05) is 0 Å². The molecule has 37 heavy (non-hydrogen) atoms. The summed E-state index contributed by atoms with van der Waals surface area (Å²) in [5, 5.41) is 20.5. The summed E-state index contributed by atoms with van der Waals surface area (Å²) in [7, 11) is 0. The lowest BCUT2D eigenvalue weighted by Gasteiger charge is -2.50. The van der Waals surface area contributed by atoms with Crippen molar-refractivity contribution in [3.05, 3.63) is 41.5 Å². The van der Waals surface area contributed by atoms with E-state index in [9.17, 15) is 23.5 Å². The molecule has 3 fully saturated rings. The molecule has 2 aromatic heterocycles. The van der Waals surface area contributed by atoms with Crippen LogP contribution in [0.2, 0.25) is 0 Å². The van der Waals surface area contributed by atoms with E-state index in [1.165, 1.54) is 12.1 Å². The van der Waals surface area contributed by atoms with Gasteiger partial charge in [-0.2, -0.15) is 0 Å². The number of pyridine rings is 1. The third-order valence-electron chi connectivity index (χ3n) is 7.58. The van der Waals surface area contributed by atoms with E-state index in [0.717, 1.165) is 13.1 Å². The Morgan fingerprint density at radius 3 is 2.35 bits per heavy atom.